The summed E-state index contributed by atoms with van der Waals surface area (Å²) >= 11 is 3.53. The van der Waals surface area contributed by atoms with Crippen molar-refractivity contribution in [3.63, 3.8) is 0 Å². The fourth-order valence-electron chi connectivity index (χ4n) is 2.55. The van der Waals surface area contributed by atoms with Gasteiger partial charge in [0.15, 0.2) is 0 Å². The molecule has 3 heteroatoms. The third-order valence-electron chi connectivity index (χ3n) is 3.49. The number of benzene rings is 1. The van der Waals surface area contributed by atoms with E-state index in [0.29, 0.717) is 6.04 Å². The molecule has 94 valence electrons. The number of hydrogen-bond donors (Lipinski definition) is 0. The summed E-state index contributed by atoms with van der Waals surface area (Å²) in [5.41, 5.74) is 1.22. The standard InChI is InChI=1S/C14H19BrFN/c15-9-8-14-3-1-2-10-17(14)11-12-4-6-13(16)7-5-12/h4-7,14H,1-3,8-11H2. The Hall–Kier alpha value is -0.410. The Morgan fingerprint density at radius 3 is 2.71 bits per heavy atom. The molecule has 0 aromatic heterocycles. The van der Waals surface area contributed by atoms with Gasteiger partial charge >= 0.3 is 0 Å². The molecule has 0 radical (unpaired) electrons. The van der Waals surface area contributed by atoms with Gasteiger partial charge in [0.25, 0.3) is 0 Å². The highest BCUT2D eigenvalue weighted by molar-refractivity contribution is 9.09. The van der Waals surface area contributed by atoms with E-state index in [1.54, 1.807) is 12.1 Å². The first-order chi connectivity index (χ1) is 8.29. The number of piperidine rings is 1. The average molecular weight is 300 g/mol. The van der Waals surface area contributed by atoms with E-state index in [1.165, 1.54) is 37.8 Å². The van der Waals surface area contributed by atoms with Gasteiger partial charge in [0.1, 0.15) is 5.82 Å². The lowest BCUT2D eigenvalue weighted by molar-refractivity contribution is 0.137. The van der Waals surface area contributed by atoms with Crippen molar-refractivity contribution in [3.05, 3.63) is 35.6 Å². The second-order valence-electron chi connectivity index (χ2n) is 4.72. The van der Waals surface area contributed by atoms with Crippen molar-refractivity contribution in [2.75, 3.05) is 11.9 Å². The summed E-state index contributed by atoms with van der Waals surface area (Å²) in [5.74, 6) is -0.149. The minimum absolute atomic E-state index is 0.149. The summed E-state index contributed by atoms with van der Waals surface area (Å²) in [6.45, 7) is 2.13. The number of hydrogen-bond acceptors (Lipinski definition) is 1. The molecule has 0 aliphatic carbocycles. The van der Waals surface area contributed by atoms with Crippen LogP contribution in [0.3, 0.4) is 0 Å². The van der Waals surface area contributed by atoms with Gasteiger partial charge in [-0.15, -0.1) is 0 Å². The van der Waals surface area contributed by atoms with Crippen molar-refractivity contribution >= 4 is 15.9 Å². The van der Waals surface area contributed by atoms with Crippen LogP contribution in [0, 0.1) is 5.82 Å². The Morgan fingerprint density at radius 1 is 1.24 bits per heavy atom. The molecule has 1 aliphatic heterocycles. The summed E-state index contributed by atoms with van der Waals surface area (Å²) in [6.07, 6.45) is 5.14. The van der Waals surface area contributed by atoms with Crippen LogP contribution >= 0.6 is 15.9 Å². The van der Waals surface area contributed by atoms with Crippen molar-refractivity contribution in [1.29, 1.82) is 0 Å². The van der Waals surface area contributed by atoms with Gasteiger partial charge in [0.05, 0.1) is 0 Å². The summed E-state index contributed by atoms with van der Waals surface area (Å²) in [7, 11) is 0. The smallest absolute Gasteiger partial charge is 0.123 e. The van der Waals surface area contributed by atoms with E-state index < -0.39 is 0 Å². The molecule has 1 heterocycles. The normalized spacial score (nSPS) is 21.6. The van der Waals surface area contributed by atoms with Crippen LogP contribution in [0.4, 0.5) is 4.39 Å². The molecule has 1 nitrogen and oxygen atoms in total. The maximum Gasteiger partial charge on any atom is 0.123 e. The number of halogens is 2. The predicted octanol–water partition coefficient (Wildman–Crippen LogP) is 3.97. The summed E-state index contributed by atoms with van der Waals surface area (Å²) in [4.78, 5) is 2.54. The Balaban J connectivity index is 1.97. The molecule has 0 saturated carbocycles. The minimum Gasteiger partial charge on any atom is -0.296 e. The first-order valence-corrected chi connectivity index (χ1v) is 7.46. The number of rotatable bonds is 4. The third kappa shape index (κ3) is 3.78. The molecular weight excluding hydrogens is 281 g/mol. The molecule has 1 aromatic carbocycles. The topological polar surface area (TPSA) is 3.24 Å². The summed E-state index contributed by atoms with van der Waals surface area (Å²) in [6, 6.07) is 7.59. The van der Waals surface area contributed by atoms with Gasteiger partial charge in [-0.3, -0.25) is 4.90 Å². The highest BCUT2D eigenvalue weighted by Gasteiger charge is 2.21. The van der Waals surface area contributed by atoms with Crippen LogP contribution in [-0.2, 0) is 6.54 Å². The van der Waals surface area contributed by atoms with Crippen LogP contribution in [-0.4, -0.2) is 22.8 Å². The van der Waals surface area contributed by atoms with E-state index in [9.17, 15) is 4.39 Å². The second kappa shape index (κ2) is 6.50. The van der Waals surface area contributed by atoms with Crippen LogP contribution in [0.15, 0.2) is 24.3 Å². The molecular formula is C14H19BrFN. The summed E-state index contributed by atoms with van der Waals surface area (Å²) in [5, 5.41) is 1.07. The van der Waals surface area contributed by atoms with Gasteiger partial charge in [-0.2, -0.15) is 0 Å². The lowest BCUT2D eigenvalue weighted by Crippen LogP contribution is -2.39. The van der Waals surface area contributed by atoms with Gasteiger partial charge in [-0.05, 0) is 43.5 Å². The van der Waals surface area contributed by atoms with E-state index in [2.05, 4.69) is 20.8 Å². The van der Waals surface area contributed by atoms with Crippen LogP contribution in [0.5, 0.6) is 0 Å². The van der Waals surface area contributed by atoms with Gasteiger partial charge in [-0.1, -0.05) is 34.5 Å². The molecule has 2 rings (SSSR count). The molecule has 1 aromatic rings. The predicted molar refractivity (Wildman–Crippen MR) is 72.9 cm³/mol. The highest BCUT2D eigenvalue weighted by atomic mass is 79.9. The maximum atomic E-state index is 12.8. The van der Waals surface area contributed by atoms with Crippen LogP contribution in [0.1, 0.15) is 31.2 Å². The van der Waals surface area contributed by atoms with E-state index in [1.807, 2.05) is 12.1 Å². The Morgan fingerprint density at radius 2 is 2.00 bits per heavy atom. The third-order valence-corrected chi connectivity index (χ3v) is 3.95. The largest absolute Gasteiger partial charge is 0.296 e. The molecule has 0 bridgehead atoms. The lowest BCUT2D eigenvalue weighted by Gasteiger charge is -2.35. The van der Waals surface area contributed by atoms with Crippen molar-refractivity contribution in [2.24, 2.45) is 0 Å². The molecule has 0 spiro atoms. The zero-order chi connectivity index (χ0) is 12.1. The Kier molecular flexibility index (Phi) is 4.99. The fourth-order valence-corrected chi connectivity index (χ4v) is 3.07. The van der Waals surface area contributed by atoms with Crippen molar-refractivity contribution < 1.29 is 4.39 Å². The number of nitrogens with zero attached hydrogens (tertiary/aromatic N) is 1. The zero-order valence-electron chi connectivity index (χ0n) is 10.0. The molecule has 1 atom stereocenters. The molecule has 17 heavy (non-hydrogen) atoms. The Bertz CT molecular complexity index is 337. The number of likely N-dealkylation sites (tertiary alicyclic amines) is 1. The van der Waals surface area contributed by atoms with E-state index >= 15 is 0 Å². The average Bonchev–Trinajstić information content (AvgIpc) is 2.35. The van der Waals surface area contributed by atoms with Crippen LogP contribution < -0.4 is 0 Å². The van der Waals surface area contributed by atoms with E-state index in [-0.39, 0.29) is 5.82 Å². The second-order valence-corrected chi connectivity index (χ2v) is 5.52. The quantitative estimate of drug-likeness (QED) is 0.761. The molecule has 1 unspecified atom stereocenters. The first-order valence-electron chi connectivity index (χ1n) is 6.34. The van der Waals surface area contributed by atoms with Gasteiger partial charge in [0.2, 0.25) is 0 Å². The van der Waals surface area contributed by atoms with Crippen molar-refractivity contribution in [3.8, 4) is 0 Å². The first kappa shape index (κ1) is 13.0. The monoisotopic (exact) mass is 299 g/mol. The molecule has 0 N–H and O–H groups in total. The maximum absolute atomic E-state index is 12.8. The van der Waals surface area contributed by atoms with Crippen molar-refractivity contribution in [2.45, 2.75) is 38.3 Å². The molecule has 1 fully saturated rings. The number of alkyl halides is 1. The highest BCUT2D eigenvalue weighted by Crippen LogP contribution is 2.22. The lowest BCUT2D eigenvalue weighted by atomic mass is 9.99. The molecule has 0 amide bonds. The van der Waals surface area contributed by atoms with E-state index in [4.69, 9.17) is 0 Å². The summed E-state index contributed by atoms with van der Waals surface area (Å²) < 4.78 is 12.8. The van der Waals surface area contributed by atoms with Gasteiger partial charge < -0.3 is 0 Å². The Labute approximate surface area is 111 Å². The van der Waals surface area contributed by atoms with Crippen LogP contribution in [0.2, 0.25) is 0 Å². The van der Waals surface area contributed by atoms with Gasteiger partial charge in [0, 0.05) is 17.9 Å². The zero-order valence-corrected chi connectivity index (χ0v) is 11.6. The SMILES string of the molecule is Fc1ccc(CN2CCCCC2CCBr)cc1. The van der Waals surface area contributed by atoms with Gasteiger partial charge in [-0.25, -0.2) is 4.39 Å². The fraction of sp³-hybridized carbons (Fsp3) is 0.571. The van der Waals surface area contributed by atoms with Crippen molar-refractivity contribution in [1.82, 2.24) is 4.90 Å². The minimum atomic E-state index is -0.149. The molecule has 1 saturated heterocycles. The van der Waals surface area contributed by atoms with Crippen LogP contribution in [0.25, 0.3) is 0 Å². The molecule has 1 aliphatic rings. The van der Waals surface area contributed by atoms with E-state index in [0.717, 1.165) is 11.9 Å².